The van der Waals surface area contributed by atoms with E-state index in [-0.39, 0.29) is 6.61 Å². The fourth-order valence-electron chi connectivity index (χ4n) is 0.420. The summed E-state index contributed by atoms with van der Waals surface area (Å²) in [5, 5.41) is 0. The summed E-state index contributed by atoms with van der Waals surface area (Å²) in [5.74, 6) is 0. The van der Waals surface area contributed by atoms with Crippen molar-refractivity contribution in [3.05, 3.63) is 0 Å². The van der Waals surface area contributed by atoms with Crippen LogP contribution in [0, 0.1) is 0 Å². The first-order valence-electron chi connectivity index (χ1n) is 3.30. The summed E-state index contributed by atoms with van der Waals surface area (Å²) in [4.78, 5) is 0. The zero-order valence-corrected chi connectivity index (χ0v) is 8.98. The van der Waals surface area contributed by atoms with Gasteiger partial charge in [0.15, 0.2) is 0 Å². The molecule has 0 saturated heterocycles. The molecule has 1 N–H and O–H groups in total. The Morgan fingerprint density at radius 3 is 2.17 bits per heavy atom. The molecule has 0 saturated carbocycles. The van der Waals surface area contributed by atoms with Gasteiger partial charge in [0.25, 0.3) is 20.2 Å². The summed E-state index contributed by atoms with van der Waals surface area (Å²) in [6, 6.07) is 0. The molecule has 0 amide bonds. The van der Waals surface area contributed by atoms with E-state index < -0.39 is 20.2 Å². The van der Waals surface area contributed by atoms with Crippen molar-refractivity contribution >= 4 is 20.2 Å². The highest BCUT2D eigenvalue weighted by atomic mass is 33.2. The normalized spacial score (nSPS) is 17.3. The molecule has 0 heterocycles. The number of hydrogen-bond donors (Lipinski definition) is 1. The van der Waals surface area contributed by atoms with E-state index in [0.717, 1.165) is 0 Å². The summed E-state index contributed by atoms with van der Waals surface area (Å²) in [5.41, 5.74) is 0. The van der Waals surface area contributed by atoms with Gasteiger partial charge in [0.2, 0.25) is 0 Å². The lowest BCUT2D eigenvalue weighted by Gasteiger charge is -2.22. The van der Waals surface area contributed by atoms with Crippen LogP contribution in [0.1, 0.15) is 0 Å². The van der Waals surface area contributed by atoms with Gasteiger partial charge in [-0.15, -0.1) is 0 Å². The van der Waals surface area contributed by atoms with Gasteiger partial charge in [-0.05, 0) is 0 Å². The van der Waals surface area contributed by atoms with Gasteiger partial charge >= 0.3 is 0 Å². The van der Waals surface area contributed by atoms with Crippen molar-refractivity contribution < 1.29 is 21.6 Å². The van der Waals surface area contributed by atoms with Gasteiger partial charge in [0.05, 0.1) is 21.1 Å². The van der Waals surface area contributed by atoms with Crippen LogP contribution in [0.4, 0.5) is 0 Å². The van der Waals surface area contributed by atoms with Crippen molar-refractivity contribution in [2.45, 2.75) is 0 Å². The highest BCUT2D eigenvalue weighted by Gasteiger charge is 2.11. The van der Waals surface area contributed by atoms with Gasteiger partial charge in [-0.2, -0.15) is 0 Å². The maximum Gasteiger partial charge on any atom is 0.277 e. The molecule has 0 fully saturated rings. The predicted octanol–water partition coefficient (Wildman–Crippen LogP) is -0.490. The largest absolute Gasteiger partial charge is 0.329 e. The summed E-state index contributed by atoms with van der Waals surface area (Å²) < 4.78 is 34.2. The minimum absolute atomic E-state index is 0.211. The van der Waals surface area contributed by atoms with Gasteiger partial charge < -0.3 is 4.48 Å². The number of nitrogens with zero attached hydrogens (tertiary/aromatic N) is 1. The van der Waals surface area contributed by atoms with E-state index >= 15 is 0 Å². The zero-order valence-electron chi connectivity index (χ0n) is 7.35. The topological polar surface area (TPSA) is 63.6 Å². The monoisotopic (exact) mass is 216 g/mol. The second-order valence-electron chi connectivity index (χ2n) is 3.26. The van der Waals surface area contributed by atoms with Crippen molar-refractivity contribution in [2.75, 3.05) is 34.3 Å². The van der Waals surface area contributed by atoms with E-state index in [1.165, 1.54) is 0 Å². The van der Waals surface area contributed by atoms with Crippen molar-refractivity contribution in [1.29, 1.82) is 0 Å². The molecule has 0 spiro atoms. The number of likely N-dealkylation sites (N-methyl/N-ethyl adjacent to an activating group) is 1. The molecule has 0 aromatic heterocycles. The second kappa shape index (κ2) is 5.03. The van der Waals surface area contributed by atoms with Crippen molar-refractivity contribution in [1.82, 2.24) is 0 Å². The third kappa shape index (κ3) is 6.86. The van der Waals surface area contributed by atoms with Crippen LogP contribution in [0.3, 0.4) is 0 Å². The molecule has 0 bridgehead atoms. The average molecular weight is 216 g/mol. The van der Waals surface area contributed by atoms with E-state index in [4.69, 9.17) is 4.55 Å². The second-order valence-corrected chi connectivity index (χ2v) is 6.01. The van der Waals surface area contributed by atoms with E-state index in [0.29, 0.717) is 11.0 Å². The molecular formula is C5H14NO4S2+. The Kier molecular flexibility index (Phi) is 5.10. The molecule has 5 nitrogen and oxygen atoms in total. The van der Waals surface area contributed by atoms with Gasteiger partial charge in [-0.3, -0.25) is 8.74 Å². The number of quaternary nitrogens is 1. The Balaban J connectivity index is 3.58. The minimum atomic E-state index is -2.40. The molecule has 74 valence electrons. The highest BCUT2D eigenvalue weighted by molar-refractivity contribution is 8.56. The van der Waals surface area contributed by atoms with E-state index in [2.05, 4.69) is 4.18 Å². The summed E-state index contributed by atoms with van der Waals surface area (Å²) in [6.45, 7) is 0.853. The Morgan fingerprint density at radius 2 is 1.83 bits per heavy atom. The molecule has 0 rings (SSSR count). The predicted molar refractivity (Wildman–Crippen MR) is 47.8 cm³/mol. The summed E-state index contributed by atoms with van der Waals surface area (Å²) in [6.07, 6.45) is 0. The molecule has 7 heteroatoms. The molecule has 0 aromatic carbocycles. The SMILES string of the molecule is C[N+](C)(C)CCOS(=O)S(=O)O. The fraction of sp³-hybridized carbons (Fsp3) is 1.00. The summed E-state index contributed by atoms with van der Waals surface area (Å²) in [7, 11) is 1.36. The molecule has 0 aromatic rings. The van der Waals surface area contributed by atoms with E-state index in [9.17, 15) is 8.42 Å². The lowest BCUT2D eigenvalue weighted by Crippen LogP contribution is -2.37. The molecule has 0 aliphatic rings. The first-order valence-corrected chi connectivity index (χ1v) is 5.99. The van der Waals surface area contributed by atoms with Gasteiger partial charge in [-0.25, -0.2) is 8.42 Å². The first kappa shape index (κ1) is 12.2. The maximum atomic E-state index is 10.6. The van der Waals surface area contributed by atoms with Crippen LogP contribution in [0.5, 0.6) is 0 Å². The fourth-order valence-corrected chi connectivity index (χ4v) is 1.16. The Hall–Kier alpha value is 0.180. The van der Waals surface area contributed by atoms with Crippen molar-refractivity contribution in [3.63, 3.8) is 0 Å². The minimum Gasteiger partial charge on any atom is -0.329 e. The van der Waals surface area contributed by atoms with E-state index in [1.54, 1.807) is 0 Å². The molecular weight excluding hydrogens is 202 g/mol. The average Bonchev–Trinajstić information content (AvgIpc) is 1.84. The lowest BCUT2D eigenvalue weighted by atomic mass is 10.5. The Labute approximate surface area is 76.6 Å². The molecule has 0 aliphatic heterocycles. The maximum absolute atomic E-state index is 10.6. The Bertz CT molecular complexity index is 188. The van der Waals surface area contributed by atoms with Crippen LogP contribution >= 0.6 is 0 Å². The quantitative estimate of drug-likeness (QED) is 0.383. The van der Waals surface area contributed by atoms with Gasteiger partial charge in [0, 0.05) is 0 Å². The van der Waals surface area contributed by atoms with Gasteiger partial charge in [-0.1, -0.05) is 0 Å². The smallest absolute Gasteiger partial charge is 0.277 e. The lowest BCUT2D eigenvalue weighted by molar-refractivity contribution is -0.870. The number of hydrogen-bond acceptors (Lipinski definition) is 3. The van der Waals surface area contributed by atoms with Crippen molar-refractivity contribution in [3.8, 4) is 0 Å². The van der Waals surface area contributed by atoms with Crippen LogP contribution in [-0.4, -0.2) is 51.7 Å². The Morgan fingerprint density at radius 1 is 1.33 bits per heavy atom. The van der Waals surface area contributed by atoms with Crippen LogP contribution in [0.15, 0.2) is 0 Å². The van der Waals surface area contributed by atoms with Crippen LogP contribution in [-0.2, 0) is 24.4 Å². The van der Waals surface area contributed by atoms with Crippen molar-refractivity contribution in [2.24, 2.45) is 0 Å². The third-order valence-corrected chi connectivity index (χ3v) is 2.64. The molecule has 0 aliphatic carbocycles. The van der Waals surface area contributed by atoms with E-state index in [1.807, 2.05) is 21.1 Å². The van der Waals surface area contributed by atoms with Crippen LogP contribution < -0.4 is 0 Å². The molecule has 2 unspecified atom stereocenters. The molecule has 0 radical (unpaired) electrons. The number of rotatable bonds is 5. The summed E-state index contributed by atoms with van der Waals surface area (Å²) >= 11 is 0. The van der Waals surface area contributed by atoms with Crippen LogP contribution in [0.2, 0.25) is 0 Å². The first-order chi connectivity index (χ1) is 5.33. The third-order valence-electron chi connectivity index (χ3n) is 1.06. The zero-order chi connectivity index (χ0) is 9.78. The highest BCUT2D eigenvalue weighted by Crippen LogP contribution is 1.94. The van der Waals surface area contributed by atoms with Crippen LogP contribution in [0.25, 0.3) is 0 Å². The molecule has 12 heavy (non-hydrogen) atoms. The molecule has 2 atom stereocenters. The standard InChI is InChI=1S/C5H13NO4S2/c1-6(2,3)4-5-10-12(9)11(7)8/h4-5H2,1-3H3/p+1. The van der Waals surface area contributed by atoms with Gasteiger partial charge in [0.1, 0.15) is 13.2 Å².